The first kappa shape index (κ1) is 15.8. The number of aryl methyl sites for hydroxylation is 2. The van der Waals surface area contributed by atoms with Gasteiger partial charge in [0.2, 0.25) is 0 Å². The molecule has 0 aliphatic heterocycles. The molecule has 1 heterocycles. The summed E-state index contributed by atoms with van der Waals surface area (Å²) in [5.41, 5.74) is 4.28. The lowest BCUT2D eigenvalue weighted by Crippen LogP contribution is -2.26. The molecular formula is C16H19N3O3. The van der Waals surface area contributed by atoms with E-state index < -0.39 is 5.97 Å². The van der Waals surface area contributed by atoms with Crippen LogP contribution in [0.5, 0.6) is 0 Å². The van der Waals surface area contributed by atoms with Crippen LogP contribution in [0, 0.1) is 20.8 Å². The molecular weight excluding hydrogens is 282 g/mol. The Hall–Kier alpha value is -2.63. The molecule has 2 aromatic rings. The van der Waals surface area contributed by atoms with Crippen LogP contribution in [0.4, 0.5) is 0 Å². The lowest BCUT2D eigenvalue weighted by atomic mass is 10.1. The lowest BCUT2D eigenvalue weighted by molar-refractivity contribution is -0.136. The van der Waals surface area contributed by atoms with Crippen molar-refractivity contribution in [1.82, 2.24) is 15.1 Å². The van der Waals surface area contributed by atoms with E-state index in [0.717, 1.165) is 22.5 Å². The summed E-state index contributed by atoms with van der Waals surface area (Å²) in [7, 11) is 0. The summed E-state index contributed by atoms with van der Waals surface area (Å²) in [6.45, 7) is 5.91. The number of nitrogens with zero attached hydrogens (tertiary/aromatic N) is 2. The van der Waals surface area contributed by atoms with Gasteiger partial charge in [0.1, 0.15) is 0 Å². The van der Waals surface area contributed by atoms with Crippen LogP contribution in [-0.2, 0) is 4.79 Å². The van der Waals surface area contributed by atoms with Gasteiger partial charge in [0.25, 0.3) is 5.91 Å². The number of benzene rings is 1. The fourth-order valence-electron chi connectivity index (χ4n) is 2.20. The number of carbonyl (C=O) groups is 2. The van der Waals surface area contributed by atoms with Crippen molar-refractivity contribution >= 4 is 11.9 Å². The van der Waals surface area contributed by atoms with Gasteiger partial charge in [-0.1, -0.05) is 12.1 Å². The van der Waals surface area contributed by atoms with Gasteiger partial charge < -0.3 is 10.4 Å². The van der Waals surface area contributed by atoms with Crippen LogP contribution in [-0.4, -0.2) is 33.3 Å². The summed E-state index contributed by atoms with van der Waals surface area (Å²) >= 11 is 0. The number of hydrogen-bond donors (Lipinski definition) is 2. The van der Waals surface area contributed by atoms with Crippen LogP contribution in [0.15, 0.2) is 24.4 Å². The second-order valence-corrected chi connectivity index (χ2v) is 5.25. The van der Waals surface area contributed by atoms with Crippen LogP contribution < -0.4 is 5.32 Å². The monoisotopic (exact) mass is 301 g/mol. The van der Waals surface area contributed by atoms with Crippen LogP contribution in [0.2, 0.25) is 0 Å². The smallest absolute Gasteiger partial charge is 0.305 e. The SMILES string of the molecule is Cc1ccc(C)c(-n2ncc(C(=O)NCCC(=O)O)c2C)c1. The number of aromatic nitrogens is 2. The fraction of sp³-hybridized carbons (Fsp3) is 0.312. The molecule has 0 spiro atoms. The Labute approximate surface area is 128 Å². The average Bonchev–Trinajstić information content (AvgIpc) is 2.83. The average molecular weight is 301 g/mol. The van der Waals surface area contributed by atoms with Gasteiger partial charge in [-0.05, 0) is 38.0 Å². The van der Waals surface area contributed by atoms with Crippen molar-refractivity contribution in [3.05, 3.63) is 46.8 Å². The molecule has 0 unspecified atom stereocenters. The highest BCUT2D eigenvalue weighted by atomic mass is 16.4. The van der Waals surface area contributed by atoms with Crippen LogP contribution in [0.3, 0.4) is 0 Å². The van der Waals surface area contributed by atoms with E-state index in [-0.39, 0.29) is 18.9 Å². The number of aliphatic carboxylic acids is 1. The van der Waals surface area contributed by atoms with Gasteiger partial charge in [-0.2, -0.15) is 5.10 Å². The van der Waals surface area contributed by atoms with Crippen molar-refractivity contribution in [3.63, 3.8) is 0 Å². The Morgan fingerprint density at radius 3 is 2.68 bits per heavy atom. The molecule has 6 heteroatoms. The molecule has 0 aliphatic carbocycles. The van der Waals surface area contributed by atoms with E-state index in [4.69, 9.17) is 5.11 Å². The number of amides is 1. The Kier molecular flexibility index (Phi) is 4.60. The molecule has 0 radical (unpaired) electrons. The van der Waals surface area contributed by atoms with Gasteiger partial charge in [-0.15, -0.1) is 0 Å². The maximum atomic E-state index is 12.1. The molecule has 1 aromatic heterocycles. The van der Waals surface area contributed by atoms with Gasteiger partial charge >= 0.3 is 5.97 Å². The second-order valence-electron chi connectivity index (χ2n) is 5.25. The third kappa shape index (κ3) is 3.33. The molecule has 0 saturated heterocycles. The number of rotatable bonds is 5. The number of carboxylic acid groups (broad SMARTS) is 1. The minimum absolute atomic E-state index is 0.0995. The predicted molar refractivity (Wildman–Crippen MR) is 82.4 cm³/mol. The van der Waals surface area contributed by atoms with E-state index in [1.165, 1.54) is 6.20 Å². The predicted octanol–water partition coefficient (Wildman–Crippen LogP) is 2.00. The number of carboxylic acids is 1. The first-order chi connectivity index (χ1) is 10.4. The van der Waals surface area contributed by atoms with Gasteiger partial charge in [-0.25, -0.2) is 4.68 Å². The van der Waals surface area contributed by atoms with E-state index in [2.05, 4.69) is 10.4 Å². The molecule has 0 saturated carbocycles. The van der Waals surface area contributed by atoms with Crippen LogP contribution >= 0.6 is 0 Å². The molecule has 0 atom stereocenters. The van der Waals surface area contributed by atoms with Crippen LogP contribution in [0.25, 0.3) is 5.69 Å². The minimum Gasteiger partial charge on any atom is -0.481 e. The van der Waals surface area contributed by atoms with E-state index >= 15 is 0 Å². The summed E-state index contributed by atoms with van der Waals surface area (Å²) in [6.07, 6.45) is 1.41. The minimum atomic E-state index is -0.942. The van der Waals surface area contributed by atoms with E-state index in [1.54, 1.807) is 4.68 Å². The van der Waals surface area contributed by atoms with Crippen molar-refractivity contribution in [2.24, 2.45) is 0 Å². The first-order valence-electron chi connectivity index (χ1n) is 7.02. The fourth-order valence-corrected chi connectivity index (χ4v) is 2.20. The van der Waals surface area contributed by atoms with Crippen molar-refractivity contribution in [1.29, 1.82) is 0 Å². The Balaban J connectivity index is 2.24. The largest absolute Gasteiger partial charge is 0.481 e. The van der Waals surface area contributed by atoms with E-state index in [1.807, 2.05) is 39.0 Å². The molecule has 2 rings (SSSR count). The highest BCUT2D eigenvalue weighted by molar-refractivity contribution is 5.95. The number of carbonyl (C=O) groups excluding carboxylic acids is 1. The Morgan fingerprint density at radius 2 is 2.00 bits per heavy atom. The lowest BCUT2D eigenvalue weighted by Gasteiger charge is -2.10. The first-order valence-corrected chi connectivity index (χ1v) is 7.02. The number of nitrogens with one attached hydrogen (secondary N) is 1. The molecule has 0 aliphatic rings. The maximum absolute atomic E-state index is 12.1. The molecule has 1 amide bonds. The van der Waals surface area contributed by atoms with Gasteiger partial charge in [0, 0.05) is 6.54 Å². The molecule has 22 heavy (non-hydrogen) atoms. The van der Waals surface area contributed by atoms with Crippen molar-refractivity contribution < 1.29 is 14.7 Å². The van der Waals surface area contributed by atoms with E-state index in [0.29, 0.717) is 5.56 Å². The molecule has 0 bridgehead atoms. The quantitative estimate of drug-likeness (QED) is 0.884. The summed E-state index contributed by atoms with van der Waals surface area (Å²) < 4.78 is 1.73. The standard InChI is InChI=1S/C16H19N3O3/c1-10-4-5-11(2)14(8-10)19-12(3)13(9-18-19)16(22)17-7-6-15(20)21/h4-5,8-9H,6-7H2,1-3H3,(H,17,22)(H,20,21). The molecule has 0 fully saturated rings. The van der Waals surface area contributed by atoms with E-state index in [9.17, 15) is 9.59 Å². The molecule has 2 N–H and O–H groups in total. The Bertz CT molecular complexity index is 719. The zero-order valence-corrected chi connectivity index (χ0v) is 12.9. The molecule has 1 aromatic carbocycles. The van der Waals surface area contributed by atoms with Crippen molar-refractivity contribution in [2.75, 3.05) is 6.54 Å². The normalized spacial score (nSPS) is 10.5. The zero-order valence-electron chi connectivity index (χ0n) is 12.9. The third-order valence-corrected chi connectivity index (χ3v) is 3.47. The highest BCUT2D eigenvalue weighted by Crippen LogP contribution is 2.19. The molecule has 6 nitrogen and oxygen atoms in total. The summed E-state index contributed by atoms with van der Waals surface area (Å²) in [4.78, 5) is 22.6. The van der Waals surface area contributed by atoms with Crippen molar-refractivity contribution in [3.8, 4) is 5.69 Å². The van der Waals surface area contributed by atoms with Crippen LogP contribution in [0.1, 0.15) is 33.6 Å². The molecule has 116 valence electrons. The zero-order chi connectivity index (χ0) is 16.3. The second kappa shape index (κ2) is 6.43. The summed E-state index contributed by atoms with van der Waals surface area (Å²) in [6, 6.07) is 6.05. The summed E-state index contributed by atoms with van der Waals surface area (Å²) in [5, 5.41) is 15.5. The van der Waals surface area contributed by atoms with Crippen molar-refractivity contribution in [2.45, 2.75) is 27.2 Å². The highest BCUT2D eigenvalue weighted by Gasteiger charge is 2.16. The summed E-state index contributed by atoms with van der Waals surface area (Å²) in [5.74, 6) is -1.25. The van der Waals surface area contributed by atoms with Gasteiger partial charge in [0.05, 0.1) is 29.6 Å². The third-order valence-electron chi connectivity index (χ3n) is 3.47. The number of hydrogen-bond acceptors (Lipinski definition) is 3. The van der Waals surface area contributed by atoms with Gasteiger partial charge in [0.15, 0.2) is 0 Å². The van der Waals surface area contributed by atoms with Gasteiger partial charge in [-0.3, -0.25) is 9.59 Å². The maximum Gasteiger partial charge on any atom is 0.305 e. The topological polar surface area (TPSA) is 84.2 Å². The Morgan fingerprint density at radius 1 is 1.27 bits per heavy atom.